The highest BCUT2D eigenvalue weighted by atomic mass is 16.5. The number of ether oxygens (including phenoxy) is 1. The lowest BCUT2D eigenvalue weighted by Crippen LogP contribution is -2.39. The number of likely N-dealkylation sites (tertiary alicyclic amines) is 1. The van der Waals surface area contributed by atoms with Gasteiger partial charge in [0.25, 0.3) is 0 Å². The zero-order chi connectivity index (χ0) is 10.7. The number of aliphatic hydroxyl groups excluding tert-OH is 1. The summed E-state index contributed by atoms with van der Waals surface area (Å²) in [5, 5.41) is 9.59. The van der Waals surface area contributed by atoms with Crippen molar-refractivity contribution in [2.24, 2.45) is 0 Å². The Kier molecular flexibility index (Phi) is 4.35. The summed E-state index contributed by atoms with van der Waals surface area (Å²) < 4.78 is 5.60. The van der Waals surface area contributed by atoms with Crippen molar-refractivity contribution < 1.29 is 9.84 Å². The van der Waals surface area contributed by atoms with Crippen LogP contribution in [-0.2, 0) is 4.74 Å². The minimum atomic E-state index is -0.168. The third kappa shape index (κ3) is 3.23. The van der Waals surface area contributed by atoms with Gasteiger partial charge in [-0.1, -0.05) is 0 Å². The topological polar surface area (TPSA) is 32.7 Å². The van der Waals surface area contributed by atoms with Crippen LogP contribution in [0, 0.1) is 0 Å². The smallest absolute Gasteiger partial charge is 0.0683 e. The first-order valence-corrected chi connectivity index (χ1v) is 5.56. The van der Waals surface area contributed by atoms with E-state index >= 15 is 0 Å². The fourth-order valence-electron chi connectivity index (χ4n) is 2.02. The van der Waals surface area contributed by atoms with Crippen LogP contribution in [-0.4, -0.2) is 47.4 Å². The molecular weight excluding hydrogens is 178 g/mol. The Morgan fingerprint density at radius 1 is 1.36 bits per heavy atom. The van der Waals surface area contributed by atoms with Crippen LogP contribution in [0.5, 0.6) is 0 Å². The number of hydrogen-bond acceptors (Lipinski definition) is 3. The van der Waals surface area contributed by atoms with Gasteiger partial charge in [-0.2, -0.15) is 0 Å². The Morgan fingerprint density at radius 2 is 2.00 bits per heavy atom. The van der Waals surface area contributed by atoms with Gasteiger partial charge < -0.3 is 9.84 Å². The average molecular weight is 201 g/mol. The third-order valence-corrected chi connectivity index (χ3v) is 2.72. The first kappa shape index (κ1) is 12.0. The highest BCUT2D eigenvalue weighted by Crippen LogP contribution is 2.20. The van der Waals surface area contributed by atoms with Crippen molar-refractivity contribution in [1.29, 1.82) is 0 Å². The average Bonchev–Trinajstić information content (AvgIpc) is 2.43. The number of rotatable bonds is 4. The molecule has 2 unspecified atom stereocenters. The molecule has 1 aliphatic heterocycles. The molecule has 0 amide bonds. The molecule has 1 fully saturated rings. The van der Waals surface area contributed by atoms with Crippen molar-refractivity contribution in [3.05, 3.63) is 0 Å². The molecule has 0 aromatic carbocycles. The zero-order valence-electron chi connectivity index (χ0n) is 9.73. The maximum Gasteiger partial charge on any atom is 0.0683 e. The second-order valence-corrected chi connectivity index (χ2v) is 4.72. The predicted molar refractivity (Wildman–Crippen MR) is 57.3 cm³/mol. The van der Waals surface area contributed by atoms with Gasteiger partial charge in [-0.25, -0.2) is 0 Å². The minimum absolute atomic E-state index is 0.168. The molecule has 0 aromatic heterocycles. The minimum Gasteiger partial charge on any atom is -0.392 e. The van der Waals surface area contributed by atoms with E-state index in [2.05, 4.69) is 18.7 Å². The summed E-state index contributed by atoms with van der Waals surface area (Å²) >= 11 is 0. The van der Waals surface area contributed by atoms with Crippen LogP contribution in [0.4, 0.5) is 0 Å². The third-order valence-electron chi connectivity index (χ3n) is 2.72. The lowest BCUT2D eigenvalue weighted by atomic mass is 10.2. The van der Waals surface area contributed by atoms with E-state index in [-0.39, 0.29) is 12.2 Å². The molecule has 0 spiro atoms. The normalized spacial score (nSPS) is 29.4. The highest BCUT2D eigenvalue weighted by Gasteiger charge is 2.32. The largest absolute Gasteiger partial charge is 0.392 e. The molecule has 2 atom stereocenters. The number of nitrogens with zero attached hydrogens (tertiary/aromatic N) is 1. The SMILES string of the molecule is CC(C)OCC1CC(O)CN1C(C)C. The van der Waals surface area contributed by atoms with Crippen LogP contribution in [0.3, 0.4) is 0 Å². The molecule has 1 saturated heterocycles. The van der Waals surface area contributed by atoms with Crippen LogP contribution in [0.1, 0.15) is 34.1 Å². The predicted octanol–water partition coefficient (Wildman–Crippen LogP) is 1.25. The molecule has 3 heteroatoms. The monoisotopic (exact) mass is 201 g/mol. The Hall–Kier alpha value is -0.120. The first-order chi connectivity index (χ1) is 6.50. The highest BCUT2D eigenvalue weighted by molar-refractivity contribution is 4.86. The second-order valence-electron chi connectivity index (χ2n) is 4.72. The molecule has 0 aromatic rings. The van der Waals surface area contributed by atoms with Crippen LogP contribution in [0.15, 0.2) is 0 Å². The Bertz CT molecular complexity index is 171. The van der Waals surface area contributed by atoms with E-state index in [1.165, 1.54) is 0 Å². The van der Waals surface area contributed by atoms with E-state index in [9.17, 15) is 5.11 Å². The van der Waals surface area contributed by atoms with Gasteiger partial charge >= 0.3 is 0 Å². The van der Waals surface area contributed by atoms with Gasteiger partial charge in [-0.05, 0) is 34.1 Å². The van der Waals surface area contributed by atoms with E-state index in [0.29, 0.717) is 12.1 Å². The molecule has 0 aliphatic carbocycles. The summed E-state index contributed by atoms with van der Waals surface area (Å²) in [5.41, 5.74) is 0. The standard InChI is InChI=1S/C11H23NO2/c1-8(2)12-6-11(13)5-10(12)7-14-9(3)4/h8-11,13H,5-7H2,1-4H3. The summed E-state index contributed by atoms with van der Waals surface area (Å²) in [6.45, 7) is 9.97. The van der Waals surface area contributed by atoms with Crippen molar-refractivity contribution in [2.75, 3.05) is 13.2 Å². The molecule has 1 heterocycles. The number of hydrogen-bond donors (Lipinski definition) is 1. The van der Waals surface area contributed by atoms with E-state index in [0.717, 1.165) is 19.6 Å². The molecule has 1 rings (SSSR count). The molecule has 0 bridgehead atoms. The molecular formula is C11H23NO2. The van der Waals surface area contributed by atoms with Gasteiger partial charge in [-0.3, -0.25) is 4.90 Å². The van der Waals surface area contributed by atoms with Crippen molar-refractivity contribution in [3.63, 3.8) is 0 Å². The van der Waals surface area contributed by atoms with E-state index in [1.54, 1.807) is 0 Å². The quantitative estimate of drug-likeness (QED) is 0.743. The molecule has 14 heavy (non-hydrogen) atoms. The van der Waals surface area contributed by atoms with E-state index in [4.69, 9.17) is 4.74 Å². The maximum absolute atomic E-state index is 9.59. The van der Waals surface area contributed by atoms with Gasteiger partial charge in [0.1, 0.15) is 0 Å². The van der Waals surface area contributed by atoms with Gasteiger partial charge in [-0.15, -0.1) is 0 Å². The summed E-state index contributed by atoms with van der Waals surface area (Å²) in [6, 6.07) is 0.889. The maximum atomic E-state index is 9.59. The molecule has 0 saturated carbocycles. The van der Waals surface area contributed by atoms with Crippen LogP contribution in [0.25, 0.3) is 0 Å². The lowest BCUT2D eigenvalue weighted by molar-refractivity contribution is 0.0299. The van der Waals surface area contributed by atoms with Gasteiger partial charge in [0.05, 0.1) is 18.8 Å². The Balaban J connectivity index is 2.41. The molecule has 84 valence electrons. The molecule has 1 N–H and O–H groups in total. The summed E-state index contributed by atoms with van der Waals surface area (Å²) in [5.74, 6) is 0. The van der Waals surface area contributed by atoms with Crippen molar-refractivity contribution in [2.45, 2.75) is 58.4 Å². The fraction of sp³-hybridized carbons (Fsp3) is 1.00. The first-order valence-electron chi connectivity index (χ1n) is 5.56. The lowest BCUT2D eigenvalue weighted by Gasteiger charge is -2.28. The summed E-state index contributed by atoms with van der Waals surface area (Å²) in [7, 11) is 0. The fourth-order valence-corrected chi connectivity index (χ4v) is 2.02. The molecule has 3 nitrogen and oxygen atoms in total. The van der Waals surface area contributed by atoms with Gasteiger partial charge in [0.2, 0.25) is 0 Å². The summed E-state index contributed by atoms with van der Waals surface area (Å²) in [6.07, 6.45) is 0.963. The van der Waals surface area contributed by atoms with Gasteiger partial charge in [0.15, 0.2) is 0 Å². The van der Waals surface area contributed by atoms with Crippen molar-refractivity contribution in [1.82, 2.24) is 4.90 Å². The molecule has 0 radical (unpaired) electrons. The summed E-state index contributed by atoms with van der Waals surface area (Å²) in [4.78, 5) is 2.33. The van der Waals surface area contributed by atoms with Crippen LogP contribution in [0.2, 0.25) is 0 Å². The van der Waals surface area contributed by atoms with Crippen LogP contribution < -0.4 is 0 Å². The number of β-amino-alcohol motifs (C(OH)–C–C–N with tert-alkyl or cyclic N) is 1. The van der Waals surface area contributed by atoms with Crippen molar-refractivity contribution in [3.8, 4) is 0 Å². The number of aliphatic hydroxyl groups is 1. The van der Waals surface area contributed by atoms with E-state index in [1.807, 2.05) is 13.8 Å². The second kappa shape index (κ2) is 5.10. The zero-order valence-corrected chi connectivity index (χ0v) is 9.73. The van der Waals surface area contributed by atoms with Crippen molar-refractivity contribution >= 4 is 0 Å². The van der Waals surface area contributed by atoms with E-state index < -0.39 is 0 Å². The molecule has 1 aliphatic rings. The Labute approximate surface area is 87.1 Å². The Morgan fingerprint density at radius 3 is 2.50 bits per heavy atom. The van der Waals surface area contributed by atoms with Gasteiger partial charge in [0, 0.05) is 18.6 Å². The van der Waals surface area contributed by atoms with Crippen LogP contribution >= 0.6 is 0 Å².